The first-order valence-electron chi connectivity index (χ1n) is 20.7. The summed E-state index contributed by atoms with van der Waals surface area (Å²) in [4.78, 5) is 15.0. The Bertz CT molecular complexity index is 3110. The summed E-state index contributed by atoms with van der Waals surface area (Å²) in [6.07, 6.45) is 13.3. The summed E-state index contributed by atoms with van der Waals surface area (Å²) in [5.74, 6) is 1.96. The van der Waals surface area contributed by atoms with Gasteiger partial charge in [-0.15, -0.1) is 0 Å². The van der Waals surface area contributed by atoms with Gasteiger partial charge in [0.15, 0.2) is 17.5 Å². The van der Waals surface area contributed by atoms with E-state index in [1.165, 1.54) is 61.0 Å². The van der Waals surface area contributed by atoms with E-state index >= 15 is 0 Å². The first-order chi connectivity index (χ1) is 29.1. The zero-order valence-electron chi connectivity index (χ0n) is 33.2. The Balaban J connectivity index is 0.956. The van der Waals surface area contributed by atoms with Gasteiger partial charge in [-0.05, 0) is 110 Å². The van der Waals surface area contributed by atoms with Crippen molar-refractivity contribution in [3.05, 3.63) is 222 Å². The fourth-order valence-corrected chi connectivity index (χ4v) is 9.85. The van der Waals surface area contributed by atoms with Crippen LogP contribution in [0.2, 0.25) is 0 Å². The van der Waals surface area contributed by atoms with Crippen molar-refractivity contribution >= 4 is 21.9 Å². The number of hydrogen-bond donors (Lipinski definition) is 0. The average Bonchev–Trinajstić information content (AvgIpc) is 3.78. The van der Waals surface area contributed by atoms with Gasteiger partial charge >= 0.3 is 0 Å². The molecule has 3 aliphatic carbocycles. The third kappa shape index (κ3) is 5.46. The van der Waals surface area contributed by atoms with E-state index in [4.69, 9.17) is 15.0 Å². The molecule has 1 atom stereocenters. The van der Waals surface area contributed by atoms with E-state index in [9.17, 15) is 0 Å². The molecule has 0 bridgehead atoms. The molecule has 1 spiro atoms. The highest BCUT2D eigenvalue weighted by Crippen LogP contribution is 2.65. The zero-order chi connectivity index (χ0) is 39.5. The van der Waals surface area contributed by atoms with Gasteiger partial charge in [-0.1, -0.05) is 182 Å². The Kier molecular flexibility index (Phi) is 8.30. The highest BCUT2D eigenvalue weighted by molar-refractivity contribution is 6.03. The number of nitrogens with zero attached hydrogens (tertiary/aromatic N) is 3. The molecule has 0 amide bonds. The van der Waals surface area contributed by atoms with Crippen LogP contribution < -0.4 is 0 Å². The second-order valence-corrected chi connectivity index (χ2v) is 15.6. The van der Waals surface area contributed by atoms with Crippen molar-refractivity contribution in [1.29, 1.82) is 0 Å². The number of benzene rings is 7. The Hall–Kier alpha value is -7.23. The van der Waals surface area contributed by atoms with Crippen LogP contribution in [-0.2, 0) is 5.41 Å². The molecule has 0 N–H and O–H groups in total. The van der Waals surface area contributed by atoms with Crippen molar-refractivity contribution in [1.82, 2.24) is 15.0 Å². The number of allylic oxidation sites excluding steroid dienone is 8. The maximum absolute atomic E-state index is 5.03. The lowest BCUT2D eigenvalue weighted by Gasteiger charge is -2.31. The molecule has 0 saturated carbocycles. The van der Waals surface area contributed by atoms with Crippen LogP contribution in [0.3, 0.4) is 0 Å². The number of hydrogen-bond acceptors (Lipinski definition) is 3. The lowest BCUT2D eigenvalue weighted by molar-refractivity contribution is 0.782. The molecule has 3 nitrogen and oxygen atoms in total. The second-order valence-electron chi connectivity index (χ2n) is 15.6. The van der Waals surface area contributed by atoms with E-state index in [0.29, 0.717) is 17.5 Å². The lowest BCUT2D eigenvalue weighted by atomic mass is 9.69. The first kappa shape index (κ1) is 35.0. The summed E-state index contributed by atoms with van der Waals surface area (Å²) in [5.41, 5.74) is 18.4. The van der Waals surface area contributed by atoms with Gasteiger partial charge in [0, 0.05) is 16.7 Å². The molecule has 1 heterocycles. The van der Waals surface area contributed by atoms with Gasteiger partial charge in [-0.2, -0.15) is 0 Å². The lowest BCUT2D eigenvalue weighted by Crippen LogP contribution is -2.26. The van der Waals surface area contributed by atoms with Gasteiger partial charge in [-0.25, -0.2) is 15.0 Å². The summed E-state index contributed by atoms with van der Waals surface area (Å²) in [6, 6.07) is 57.6. The predicted octanol–water partition coefficient (Wildman–Crippen LogP) is 14.1. The van der Waals surface area contributed by atoms with Crippen LogP contribution in [0.5, 0.6) is 0 Å². The van der Waals surface area contributed by atoms with Gasteiger partial charge in [-0.3, -0.25) is 0 Å². The highest BCUT2D eigenvalue weighted by Gasteiger charge is 2.53. The molecule has 1 unspecified atom stereocenters. The molecule has 3 heteroatoms. The maximum atomic E-state index is 5.03. The number of rotatable bonds is 6. The van der Waals surface area contributed by atoms with E-state index in [0.717, 1.165) is 46.1 Å². The van der Waals surface area contributed by atoms with Crippen LogP contribution in [-0.4, -0.2) is 15.0 Å². The predicted molar refractivity (Wildman–Crippen MR) is 245 cm³/mol. The molecule has 1 aromatic heterocycles. The smallest absolute Gasteiger partial charge is 0.164 e. The molecule has 8 aromatic rings. The van der Waals surface area contributed by atoms with Crippen molar-refractivity contribution in [3.8, 4) is 56.2 Å². The second kappa shape index (κ2) is 14.0. The minimum atomic E-state index is -0.302. The maximum Gasteiger partial charge on any atom is 0.164 e. The molecule has 0 fully saturated rings. The van der Waals surface area contributed by atoms with Crippen LogP contribution in [0.1, 0.15) is 54.8 Å². The summed E-state index contributed by atoms with van der Waals surface area (Å²) in [6.45, 7) is 4.03. The summed E-state index contributed by atoms with van der Waals surface area (Å²) in [5, 5.41) is 2.34. The zero-order valence-corrected chi connectivity index (χ0v) is 33.2. The largest absolute Gasteiger partial charge is 0.208 e. The standard InChI is InChI=1S/C56H41N3/c1-3-14-36(4-2)53-57-54(59-55(58-53)43-34-29-37-15-5-6-16-42(37)35-43)41-32-27-39(28-33-41)38-25-30-40(31-26-38)44-20-13-24-51-52(44)47-19-9-12-23-50(47)56(51)48-21-10-7-17-45(48)46-18-8-11-22-49(46)56/h3-7,9-10,12-35H,8,11H2,1-2H3/b14-3-,36-4+. The quantitative estimate of drug-likeness (QED) is 0.159. The molecule has 7 aromatic carbocycles. The SMILES string of the molecule is C/C=C\C(=C/C)c1nc(-c2ccc(-c3ccc(-c4cccc5c4-c4ccccc4C54C5=CCCC=C5c5ccccc54)cc3)cc2)nc(-c2ccc3ccccc3c2)n1. The van der Waals surface area contributed by atoms with Crippen LogP contribution in [0.25, 0.3) is 78.1 Å². The van der Waals surface area contributed by atoms with E-state index in [1.807, 2.05) is 32.1 Å². The summed E-state index contributed by atoms with van der Waals surface area (Å²) in [7, 11) is 0. The normalized spacial score (nSPS) is 16.5. The van der Waals surface area contributed by atoms with E-state index in [-0.39, 0.29) is 5.41 Å². The third-order valence-corrected chi connectivity index (χ3v) is 12.5. The first-order valence-corrected chi connectivity index (χ1v) is 20.7. The topological polar surface area (TPSA) is 38.7 Å². The molecule has 280 valence electrons. The highest BCUT2D eigenvalue weighted by atomic mass is 15.0. The Labute approximate surface area is 345 Å². The van der Waals surface area contributed by atoms with Crippen molar-refractivity contribution < 1.29 is 0 Å². The van der Waals surface area contributed by atoms with Crippen LogP contribution in [0.4, 0.5) is 0 Å². The summed E-state index contributed by atoms with van der Waals surface area (Å²) < 4.78 is 0. The van der Waals surface area contributed by atoms with Crippen molar-refractivity contribution in [2.45, 2.75) is 32.1 Å². The number of fused-ring (bicyclic) bond motifs is 11. The Morgan fingerprint density at radius 1 is 0.492 bits per heavy atom. The number of aromatic nitrogens is 3. The molecule has 59 heavy (non-hydrogen) atoms. The Morgan fingerprint density at radius 2 is 1.07 bits per heavy atom. The van der Waals surface area contributed by atoms with Crippen molar-refractivity contribution in [2.75, 3.05) is 0 Å². The average molecular weight is 756 g/mol. The Morgan fingerprint density at radius 3 is 1.81 bits per heavy atom. The van der Waals surface area contributed by atoms with Gasteiger partial charge in [0.25, 0.3) is 0 Å². The fraction of sp³-hybridized carbons (Fsp3) is 0.0893. The molecule has 0 aliphatic heterocycles. The van der Waals surface area contributed by atoms with Gasteiger partial charge in [0.2, 0.25) is 0 Å². The van der Waals surface area contributed by atoms with E-state index in [2.05, 4.69) is 170 Å². The minimum absolute atomic E-state index is 0.302. The van der Waals surface area contributed by atoms with E-state index in [1.54, 1.807) is 0 Å². The minimum Gasteiger partial charge on any atom is -0.208 e. The van der Waals surface area contributed by atoms with Crippen molar-refractivity contribution in [3.63, 3.8) is 0 Å². The van der Waals surface area contributed by atoms with Crippen LogP contribution in [0, 0.1) is 0 Å². The van der Waals surface area contributed by atoms with E-state index < -0.39 is 0 Å². The summed E-state index contributed by atoms with van der Waals surface area (Å²) >= 11 is 0. The molecular weight excluding hydrogens is 715 g/mol. The molecular formula is C56H41N3. The monoisotopic (exact) mass is 755 g/mol. The van der Waals surface area contributed by atoms with Crippen LogP contribution in [0.15, 0.2) is 194 Å². The van der Waals surface area contributed by atoms with Crippen molar-refractivity contribution in [2.24, 2.45) is 0 Å². The molecule has 11 rings (SSSR count). The third-order valence-electron chi connectivity index (χ3n) is 12.5. The van der Waals surface area contributed by atoms with Gasteiger partial charge in [0.1, 0.15) is 0 Å². The fourth-order valence-electron chi connectivity index (χ4n) is 9.85. The molecule has 0 radical (unpaired) electrons. The molecule has 0 saturated heterocycles. The van der Waals surface area contributed by atoms with Gasteiger partial charge in [0.05, 0.1) is 5.41 Å². The molecule has 3 aliphatic rings. The van der Waals surface area contributed by atoms with Crippen LogP contribution >= 0.6 is 0 Å². The van der Waals surface area contributed by atoms with Gasteiger partial charge < -0.3 is 0 Å².